The number of nitrogens with zero attached hydrogens (tertiary/aromatic N) is 2. The van der Waals surface area contributed by atoms with Gasteiger partial charge in [0.1, 0.15) is 5.01 Å². The van der Waals surface area contributed by atoms with Gasteiger partial charge in [0.05, 0.1) is 10.6 Å². The Morgan fingerprint density at radius 3 is 1.77 bits per heavy atom. The van der Waals surface area contributed by atoms with E-state index < -0.39 is 0 Å². The lowest BCUT2D eigenvalue weighted by Gasteiger charge is -2.25. The maximum absolute atomic E-state index is 5.15. The average Bonchev–Trinajstić information content (AvgIpc) is 3.66. The van der Waals surface area contributed by atoms with Crippen LogP contribution in [-0.4, -0.2) is 4.98 Å². The van der Waals surface area contributed by atoms with E-state index in [2.05, 4.69) is 163 Å². The summed E-state index contributed by atoms with van der Waals surface area (Å²) in [5.74, 6) is 0. The molecular formula is C41H26N2S. The van der Waals surface area contributed by atoms with Gasteiger partial charge in [-0.15, -0.1) is 11.3 Å². The lowest BCUT2D eigenvalue weighted by Crippen LogP contribution is -2.09. The van der Waals surface area contributed by atoms with Crippen LogP contribution in [-0.2, 0) is 0 Å². The van der Waals surface area contributed by atoms with Crippen LogP contribution in [0.15, 0.2) is 158 Å². The first-order chi connectivity index (χ1) is 21.8. The van der Waals surface area contributed by atoms with Crippen molar-refractivity contribution in [3.05, 3.63) is 158 Å². The van der Waals surface area contributed by atoms with Crippen LogP contribution in [0.3, 0.4) is 0 Å². The summed E-state index contributed by atoms with van der Waals surface area (Å²) in [6.07, 6.45) is 0. The van der Waals surface area contributed by atoms with E-state index in [1.807, 2.05) is 0 Å². The van der Waals surface area contributed by atoms with Gasteiger partial charge in [-0.25, -0.2) is 4.98 Å². The summed E-state index contributed by atoms with van der Waals surface area (Å²) in [6, 6.07) is 56.6. The normalized spacial score (nSPS) is 11.6. The molecule has 8 aromatic rings. The Labute approximate surface area is 260 Å². The summed E-state index contributed by atoms with van der Waals surface area (Å²) in [5, 5.41) is 6.18. The number of aromatic nitrogens is 1. The van der Waals surface area contributed by atoms with Crippen LogP contribution in [0, 0.1) is 0 Å². The lowest BCUT2D eigenvalue weighted by atomic mass is 10.0. The van der Waals surface area contributed by atoms with Crippen LogP contribution in [0.25, 0.3) is 64.9 Å². The Bertz CT molecular complexity index is 2260. The third-order valence-electron chi connectivity index (χ3n) is 8.63. The molecule has 0 spiro atoms. The average molecular weight is 579 g/mol. The minimum atomic E-state index is 1.05. The standard InChI is InChI=1S/C41H26N2S/c1-2-12-33(13-3-1)43(34-22-18-28(19-23-34)32-17-16-27-8-4-5-9-31(27)26-32)35-24-20-30(21-25-35)41-42-39-36-14-6-10-29-11-7-15-37(38(29)36)40(39)44-41/h1-26H. The first kappa shape index (κ1) is 25.0. The molecule has 1 aliphatic rings. The molecule has 1 heterocycles. The monoisotopic (exact) mass is 578 g/mol. The van der Waals surface area contributed by atoms with Gasteiger partial charge < -0.3 is 4.90 Å². The maximum Gasteiger partial charge on any atom is 0.124 e. The Morgan fingerprint density at radius 2 is 1.02 bits per heavy atom. The van der Waals surface area contributed by atoms with E-state index in [0.717, 1.165) is 33.3 Å². The molecule has 0 saturated heterocycles. The molecule has 3 heteroatoms. The molecule has 0 saturated carbocycles. The van der Waals surface area contributed by atoms with Gasteiger partial charge in [0.2, 0.25) is 0 Å². The number of anilines is 3. The molecule has 0 aliphatic heterocycles. The second-order valence-electron chi connectivity index (χ2n) is 11.2. The van der Waals surface area contributed by atoms with Crippen molar-refractivity contribution in [1.29, 1.82) is 0 Å². The second-order valence-corrected chi connectivity index (χ2v) is 12.2. The molecule has 0 atom stereocenters. The predicted molar refractivity (Wildman–Crippen MR) is 187 cm³/mol. The predicted octanol–water partition coefficient (Wildman–Crippen LogP) is 11.9. The molecule has 1 aromatic heterocycles. The van der Waals surface area contributed by atoms with Gasteiger partial charge in [0.25, 0.3) is 0 Å². The van der Waals surface area contributed by atoms with Crippen molar-refractivity contribution in [2.45, 2.75) is 0 Å². The SMILES string of the molecule is c1ccc(N(c2ccc(-c3ccc4ccccc4c3)cc2)c2ccc(-c3nc4c(s3)-c3cccc5cccc-4c35)cc2)cc1. The van der Waals surface area contributed by atoms with Gasteiger partial charge in [-0.2, -0.15) is 0 Å². The van der Waals surface area contributed by atoms with Gasteiger partial charge in [0.15, 0.2) is 0 Å². The van der Waals surface area contributed by atoms with Crippen molar-refractivity contribution < 1.29 is 0 Å². The molecule has 9 rings (SSSR count). The van der Waals surface area contributed by atoms with Crippen molar-refractivity contribution in [2.75, 3.05) is 4.90 Å². The maximum atomic E-state index is 5.15. The molecule has 1 aliphatic carbocycles. The Hall–Kier alpha value is -5.51. The van der Waals surface area contributed by atoms with E-state index in [9.17, 15) is 0 Å². The van der Waals surface area contributed by atoms with Crippen molar-refractivity contribution >= 4 is 49.9 Å². The second kappa shape index (κ2) is 10.0. The first-order valence-corrected chi connectivity index (χ1v) is 15.7. The highest BCUT2D eigenvalue weighted by atomic mass is 32.1. The topological polar surface area (TPSA) is 16.1 Å². The zero-order chi connectivity index (χ0) is 29.0. The fourth-order valence-electron chi connectivity index (χ4n) is 6.49. The van der Waals surface area contributed by atoms with Gasteiger partial charge in [-0.1, -0.05) is 103 Å². The largest absolute Gasteiger partial charge is 0.311 e. The number of rotatable bonds is 5. The fourth-order valence-corrected chi connectivity index (χ4v) is 7.60. The number of hydrogen-bond acceptors (Lipinski definition) is 3. The van der Waals surface area contributed by atoms with E-state index in [0.29, 0.717) is 0 Å². The molecule has 0 unspecified atom stereocenters. The van der Waals surface area contributed by atoms with Gasteiger partial charge in [0, 0.05) is 33.8 Å². The van der Waals surface area contributed by atoms with Crippen LogP contribution in [0.1, 0.15) is 0 Å². The molecule has 0 radical (unpaired) electrons. The minimum Gasteiger partial charge on any atom is -0.311 e. The third-order valence-corrected chi connectivity index (χ3v) is 9.76. The Morgan fingerprint density at radius 1 is 0.432 bits per heavy atom. The molecule has 7 aromatic carbocycles. The molecule has 206 valence electrons. The molecule has 2 nitrogen and oxygen atoms in total. The van der Waals surface area contributed by atoms with Crippen molar-refractivity contribution in [3.8, 4) is 43.4 Å². The highest BCUT2D eigenvalue weighted by Gasteiger charge is 2.26. The highest BCUT2D eigenvalue weighted by Crippen LogP contribution is 2.51. The summed E-state index contributed by atoms with van der Waals surface area (Å²) in [6.45, 7) is 0. The number of para-hydroxylation sites is 1. The minimum absolute atomic E-state index is 1.05. The summed E-state index contributed by atoms with van der Waals surface area (Å²) in [7, 11) is 0. The van der Waals surface area contributed by atoms with Crippen molar-refractivity contribution in [1.82, 2.24) is 4.98 Å². The third kappa shape index (κ3) is 4.05. The summed E-state index contributed by atoms with van der Waals surface area (Å²) in [5.41, 5.74) is 10.6. The van der Waals surface area contributed by atoms with Crippen LogP contribution in [0.5, 0.6) is 0 Å². The number of hydrogen-bond donors (Lipinski definition) is 0. The van der Waals surface area contributed by atoms with Gasteiger partial charge >= 0.3 is 0 Å². The molecule has 44 heavy (non-hydrogen) atoms. The summed E-state index contributed by atoms with van der Waals surface area (Å²) in [4.78, 5) is 8.74. The number of fused-ring (bicyclic) bond motifs is 4. The van der Waals surface area contributed by atoms with Crippen molar-refractivity contribution in [3.63, 3.8) is 0 Å². The number of benzene rings is 7. The highest BCUT2D eigenvalue weighted by molar-refractivity contribution is 7.19. The zero-order valence-electron chi connectivity index (χ0n) is 23.8. The van der Waals surface area contributed by atoms with E-state index in [-0.39, 0.29) is 0 Å². The van der Waals surface area contributed by atoms with Crippen molar-refractivity contribution in [2.24, 2.45) is 0 Å². The molecule has 0 amide bonds. The van der Waals surface area contributed by atoms with Crippen LogP contribution < -0.4 is 4.90 Å². The van der Waals surface area contributed by atoms with E-state index in [4.69, 9.17) is 4.98 Å². The molecule has 0 N–H and O–H groups in total. The first-order valence-electron chi connectivity index (χ1n) is 14.9. The van der Waals surface area contributed by atoms with Gasteiger partial charge in [-0.3, -0.25) is 0 Å². The summed E-state index contributed by atoms with van der Waals surface area (Å²) < 4.78 is 0. The smallest absolute Gasteiger partial charge is 0.124 e. The fraction of sp³-hybridized carbons (Fsp3) is 0. The lowest BCUT2D eigenvalue weighted by molar-refractivity contribution is 1.28. The zero-order valence-corrected chi connectivity index (χ0v) is 24.6. The quantitative estimate of drug-likeness (QED) is 0.202. The van der Waals surface area contributed by atoms with Crippen LogP contribution in [0.2, 0.25) is 0 Å². The van der Waals surface area contributed by atoms with Crippen LogP contribution >= 0.6 is 11.3 Å². The Kier molecular flexibility index (Phi) is 5.71. The van der Waals surface area contributed by atoms with E-state index in [1.54, 1.807) is 11.3 Å². The van der Waals surface area contributed by atoms with Crippen LogP contribution in [0.4, 0.5) is 17.1 Å². The number of thiazole rings is 1. The summed E-state index contributed by atoms with van der Waals surface area (Å²) >= 11 is 1.79. The van der Waals surface area contributed by atoms with Gasteiger partial charge in [-0.05, 0) is 87.3 Å². The van der Waals surface area contributed by atoms with E-state index >= 15 is 0 Å². The molecule has 0 fully saturated rings. The molecular weight excluding hydrogens is 553 g/mol. The Balaban J connectivity index is 1.06. The molecule has 0 bridgehead atoms. The van der Waals surface area contributed by atoms with E-state index in [1.165, 1.54) is 48.7 Å².